The largest absolute Gasteiger partial charge is 0.493 e. The summed E-state index contributed by atoms with van der Waals surface area (Å²) in [5, 5.41) is 8.67. The molecule has 5 nitrogen and oxygen atoms in total. The highest BCUT2D eigenvalue weighted by Crippen LogP contribution is 2.28. The Kier molecular flexibility index (Phi) is 6.38. The fraction of sp³-hybridized carbons (Fsp3) is 0.467. The molecule has 0 bridgehead atoms. The van der Waals surface area contributed by atoms with Gasteiger partial charge >= 0.3 is 0 Å². The fourth-order valence-corrected chi connectivity index (χ4v) is 1.84. The molecule has 0 aliphatic heterocycles. The predicted octanol–water partition coefficient (Wildman–Crippen LogP) is 2.01. The van der Waals surface area contributed by atoms with Crippen LogP contribution < -0.4 is 9.47 Å². The van der Waals surface area contributed by atoms with Gasteiger partial charge in [0.15, 0.2) is 18.1 Å². The molecule has 1 aromatic carbocycles. The molecule has 0 aliphatic carbocycles. The number of nitrogens with zero attached hydrogens (tertiary/aromatic N) is 2. The van der Waals surface area contributed by atoms with E-state index in [1.807, 2.05) is 13.8 Å². The van der Waals surface area contributed by atoms with E-state index in [1.165, 1.54) is 7.11 Å². The molecule has 0 atom stereocenters. The minimum atomic E-state index is -0.0573. The Bertz CT molecular complexity index is 490. The van der Waals surface area contributed by atoms with Crippen molar-refractivity contribution in [3.63, 3.8) is 0 Å². The normalized spacial score (nSPS) is 9.70. The number of hydrogen-bond donors (Lipinski definition) is 0. The molecule has 0 unspecified atom stereocenters. The lowest BCUT2D eigenvalue weighted by Gasteiger charge is -2.19. The van der Waals surface area contributed by atoms with Crippen molar-refractivity contribution in [1.29, 1.82) is 5.26 Å². The molecular formula is C15H20N2O3. The lowest BCUT2D eigenvalue weighted by Crippen LogP contribution is -2.34. The number of carbonyl (C=O) groups is 1. The second kappa shape index (κ2) is 8.05. The van der Waals surface area contributed by atoms with E-state index in [0.29, 0.717) is 31.0 Å². The summed E-state index contributed by atoms with van der Waals surface area (Å²) in [6.07, 6.45) is 0.315. The van der Waals surface area contributed by atoms with Crippen LogP contribution in [0.4, 0.5) is 0 Å². The molecule has 0 fully saturated rings. The highest BCUT2D eigenvalue weighted by atomic mass is 16.5. The summed E-state index contributed by atoms with van der Waals surface area (Å²) >= 11 is 0. The van der Waals surface area contributed by atoms with E-state index in [1.54, 1.807) is 23.1 Å². The van der Waals surface area contributed by atoms with E-state index in [9.17, 15) is 4.79 Å². The zero-order valence-electron chi connectivity index (χ0n) is 12.2. The van der Waals surface area contributed by atoms with E-state index in [0.717, 1.165) is 5.56 Å². The Morgan fingerprint density at radius 1 is 1.30 bits per heavy atom. The first-order valence-corrected chi connectivity index (χ1v) is 6.60. The Morgan fingerprint density at radius 3 is 2.55 bits per heavy atom. The number of hydrogen-bond acceptors (Lipinski definition) is 4. The van der Waals surface area contributed by atoms with E-state index < -0.39 is 0 Å². The Balaban J connectivity index is 2.73. The van der Waals surface area contributed by atoms with Gasteiger partial charge in [-0.25, -0.2) is 0 Å². The number of rotatable bonds is 7. The van der Waals surface area contributed by atoms with Crippen molar-refractivity contribution in [2.24, 2.45) is 0 Å². The number of benzene rings is 1. The van der Waals surface area contributed by atoms with Crippen LogP contribution in [-0.2, 0) is 11.2 Å². The first-order valence-electron chi connectivity index (χ1n) is 6.60. The summed E-state index contributed by atoms with van der Waals surface area (Å²) < 4.78 is 10.7. The van der Waals surface area contributed by atoms with Crippen molar-refractivity contribution in [3.05, 3.63) is 23.8 Å². The Morgan fingerprint density at radius 2 is 2.00 bits per heavy atom. The summed E-state index contributed by atoms with van der Waals surface area (Å²) in [6, 6.07) is 7.35. The standard InChI is InChI=1S/C15H20N2O3/c1-4-17(5-2)15(18)11-20-13-7-6-12(8-9-16)10-14(13)19-3/h6-7,10H,4-5,8,11H2,1-3H3. The summed E-state index contributed by atoms with van der Waals surface area (Å²) in [5.74, 6) is 0.984. The van der Waals surface area contributed by atoms with Gasteiger partial charge in [0, 0.05) is 13.1 Å². The molecule has 1 aromatic rings. The van der Waals surface area contributed by atoms with Gasteiger partial charge in [-0.05, 0) is 31.5 Å². The van der Waals surface area contributed by atoms with E-state index in [-0.39, 0.29) is 12.5 Å². The first kappa shape index (κ1) is 15.8. The van der Waals surface area contributed by atoms with Crippen LogP contribution >= 0.6 is 0 Å². The molecule has 0 aromatic heterocycles. The predicted molar refractivity (Wildman–Crippen MR) is 75.7 cm³/mol. The molecule has 0 spiro atoms. The van der Waals surface area contributed by atoms with Gasteiger partial charge in [0.1, 0.15) is 0 Å². The smallest absolute Gasteiger partial charge is 0.260 e. The van der Waals surface area contributed by atoms with Crippen LogP contribution in [0, 0.1) is 11.3 Å². The van der Waals surface area contributed by atoms with Crippen LogP contribution in [0.3, 0.4) is 0 Å². The van der Waals surface area contributed by atoms with Crippen LogP contribution in [-0.4, -0.2) is 37.6 Å². The molecule has 0 saturated carbocycles. The van der Waals surface area contributed by atoms with Crippen LogP contribution in [0.1, 0.15) is 19.4 Å². The van der Waals surface area contributed by atoms with Crippen LogP contribution in [0.25, 0.3) is 0 Å². The summed E-state index contributed by atoms with van der Waals surface area (Å²) in [4.78, 5) is 13.6. The van der Waals surface area contributed by atoms with Crippen LogP contribution in [0.2, 0.25) is 0 Å². The molecule has 0 N–H and O–H groups in total. The van der Waals surface area contributed by atoms with Gasteiger partial charge in [0.2, 0.25) is 0 Å². The number of amides is 1. The lowest BCUT2D eigenvalue weighted by molar-refractivity contribution is -0.132. The van der Waals surface area contributed by atoms with Crippen molar-refractivity contribution >= 4 is 5.91 Å². The van der Waals surface area contributed by atoms with E-state index in [4.69, 9.17) is 14.7 Å². The highest BCUT2D eigenvalue weighted by Gasteiger charge is 2.12. The van der Waals surface area contributed by atoms with Crippen LogP contribution in [0.5, 0.6) is 11.5 Å². The van der Waals surface area contributed by atoms with Crippen LogP contribution in [0.15, 0.2) is 18.2 Å². The highest BCUT2D eigenvalue weighted by molar-refractivity contribution is 5.77. The van der Waals surface area contributed by atoms with Gasteiger partial charge < -0.3 is 14.4 Å². The molecule has 108 valence electrons. The summed E-state index contributed by atoms with van der Waals surface area (Å²) in [5.41, 5.74) is 0.853. The third-order valence-electron chi connectivity index (χ3n) is 2.98. The van der Waals surface area contributed by atoms with E-state index in [2.05, 4.69) is 6.07 Å². The zero-order valence-corrected chi connectivity index (χ0v) is 12.2. The van der Waals surface area contributed by atoms with Crippen molar-refractivity contribution in [2.45, 2.75) is 20.3 Å². The van der Waals surface area contributed by atoms with Gasteiger partial charge in [-0.1, -0.05) is 6.07 Å². The molecule has 0 aliphatic rings. The molecule has 1 amide bonds. The molecule has 5 heteroatoms. The van der Waals surface area contributed by atoms with Gasteiger partial charge in [-0.2, -0.15) is 5.26 Å². The zero-order chi connectivity index (χ0) is 15.0. The molecule has 0 saturated heterocycles. The SMILES string of the molecule is CCN(CC)C(=O)COc1ccc(CC#N)cc1OC. The van der Waals surface area contributed by atoms with Gasteiger partial charge in [-0.15, -0.1) is 0 Å². The topological polar surface area (TPSA) is 62.6 Å². The Hall–Kier alpha value is -2.22. The van der Waals surface area contributed by atoms with E-state index >= 15 is 0 Å². The minimum absolute atomic E-state index is 0.0182. The second-order valence-corrected chi connectivity index (χ2v) is 4.17. The summed E-state index contributed by atoms with van der Waals surface area (Å²) in [7, 11) is 1.53. The van der Waals surface area contributed by atoms with Crippen molar-refractivity contribution in [1.82, 2.24) is 4.90 Å². The van der Waals surface area contributed by atoms with Crippen molar-refractivity contribution in [2.75, 3.05) is 26.8 Å². The molecular weight excluding hydrogens is 256 g/mol. The minimum Gasteiger partial charge on any atom is -0.493 e. The fourth-order valence-electron chi connectivity index (χ4n) is 1.84. The average molecular weight is 276 g/mol. The van der Waals surface area contributed by atoms with Gasteiger partial charge in [0.25, 0.3) is 5.91 Å². The number of methoxy groups -OCH3 is 1. The third kappa shape index (κ3) is 4.16. The number of likely N-dealkylation sites (N-methyl/N-ethyl adjacent to an activating group) is 1. The maximum atomic E-state index is 11.9. The summed E-state index contributed by atoms with van der Waals surface area (Å²) in [6.45, 7) is 5.17. The maximum absolute atomic E-state index is 11.9. The molecule has 20 heavy (non-hydrogen) atoms. The third-order valence-corrected chi connectivity index (χ3v) is 2.98. The number of ether oxygens (including phenoxy) is 2. The number of nitriles is 1. The molecule has 0 heterocycles. The van der Waals surface area contributed by atoms with Crippen molar-refractivity contribution in [3.8, 4) is 17.6 Å². The second-order valence-electron chi connectivity index (χ2n) is 4.17. The van der Waals surface area contributed by atoms with Gasteiger partial charge in [-0.3, -0.25) is 4.79 Å². The van der Waals surface area contributed by atoms with Gasteiger partial charge in [0.05, 0.1) is 19.6 Å². The quantitative estimate of drug-likeness (QED) is 0.764. The maximum Gasteiger partial charge on any atom is 0.260 e. The first-order chi connectivity index (χ1) is 9.65. The Labute approximate surface area is 119 Å². The lowest BCUT2D eigenvalue weighted by atomic mass is 10.1. The molecule has 0 radical (unpaired) electrons. The monoisotopic (exact) mass is 276 g/mol. The molecule has 1 rings (SSSR count). The number of carbonyl (C=O) groups excluding carboxylic acids is 1. The van der Waals surface area contributed by atoms with Crippen molar-refractivity contribution < 1.29 is 14.3 Å². The average Bonchev–Trinajstić information content (AvgIpc) is 2.47.